The average Bonchev–Trinajstić information content (AvgIpc) is 2.90. The zero-order valence-electron chi connectivity index (χ0n) is 11.4. The Morgan fingerprint density at radius 1 is 1.32 bits per heavy atom. The number of rotatable bonds is 6. The number of hydrogen-bond acceptors (Lipinski definition) is 6. The molecule has 0 aliphatic carbocycles. The highest BCUT2D eigenvalue weighted by Gasteiger charge is 2.09. The minimum atomic E-state index is 0.310. The Kier molecular flexibility index (Phi) is 4.27. The molecule has 2 heterocycles. The molecule has 0 atom stereocenters. The van der Waals surface area contributed by atoms with Gasteiger partial charge in [0.1, 0.15) is 0 Å². The first-order valence-electron chi connectivity index (χ1n) is 6.31. The van der Waals surface area contributed by atoms with Gasteiger partial charge >= 0.3 is 6.01 Å². The quantitative estimate of drug-likeness (QED) is 0.850. The van der Waals surface area contributed by atoms with Crippen molar-refractivity contribution in [2.75, 3.05) is 18.5 Å². The maximum Gasteiger partial charge on any atom is 0.323 e. The lowest BCUT2D eigenvalue weighted by atomic mass is 10.2. The fourth-order valence-corrected chi connectivity index (χ4v) is 1.38. The van der Waals surface area contributed by atoms with E-state index in [0.717, 1.165) is 6.54 Å². The molecule has 0 bridgehead atoms. The van der Waals surface area contributed by atoms with Crippen molar-refractivity contribution in [3.63, 3.8) is 0 Å². The van der Waals surface area contributed by atoms with Crippen LogP contribution in [0.4, 0.5) is 5.95 Å². The molecule has 19 heavy (non-hydrogen) atoms. The standard InChI is InChI=1S/C12H18N6O/c1-4-13-10-15-11(18-7-5-6-14-18)17-12(16-10)19-8-9(2)3/h5-7,9H,4,8H2,1-3H3,(H,13,15,16,17). The molecule has 0 fully saturated rings. The Morgan fingerprint density at radius 3 is 2.79 bits per heavy atom. The van der Waals surface area contributed by atoms with Crippen molar-refractivity contribution in [3.8, 4) is 12.0 Å². The van der Waals surface area contributed by atoms with Gasteiger partial charge < -0.3 is 10.1 Å². The normalized spacial score (nSPS) is 10.7. The molecule has 7 nitrogen and oxygen atoms in total. The SMILES string of the molecule is CCNc1nc(OCC(C)C)nc(-n2cccn2)n1. The smallest absolute Gasteiger partial charge is 0.323 e. The Labute approximate surface area is 112 Å². The van der Waals surface area contributed by atoms with Crippen molar-refractivity contribution in [2.45, 2.75) is 20.8 Å². The summed E-state index contributed by atoms with van der Waals surface area (Å²) < 4.78 is 7.12. The first-order valence-corrected chi connectivity index (χ1v) is 6.31. The lowest BCUT2D eigenvalue weighted by molar-refractivity contribution is 0.250. The molecule has 0 aliphatic rings. The first kappa shape index (κ1) is 13.3. The zero-order chi connectivity index (χ0) is 13.7. The van der Waals surface area contributed by atoms with Crippen molar-refractivity contribution in [2.24, 2.45) is 5.92 Å². The van der Waals surface area contributed by atoms with E-state index in [2.05, 4.69) is 39.2 Å². The Bertz CT molecular complexity index is 511. The molecule has 0 spiro atoms. The minimum absolute atomic E-state index is 0.310. The molecule has 2 aromatic rings. The Hall–Kier alpha value is -2.18. The molecule has 0 amide bonds. The topological polar surface area (TPSA) is 77.8 Å². The van der Waals surface area contributed by atoms with Gasteiger partial charge in [0, 0.05) is 18.9 Å². The maximum atomic E-state index is 5.55. The van der Waals surface area contributed by atoms with Crippen LogP contribution < -0.4 is 10.1 Å². The second kappa shape index (κ2) is 6.12. The fraction of sp³-hybridized carbons (Fsp3) is 0.500. The van der Waals surface area contributed by atoms with Crippen molar-refractivity contribution in [1.82, 2.24) is 24.7 Å². The number of hydrogen-bond donors (Lipinski definition) is 1. The molecule has 0 radical (unpaired) electrons. The van der Waals surface area contributed by atoms with Gasteiger partial charge in [0.2, 0.25) is 5.95 Å². The van der Waals surface area contributed by atoms with Crippen LogP contribution in [-0.2, 0) is 0 Å². The van der Waals surface area contributed by atoms with Gasteiger partial charge in [-0.05, 0) is 18.9 Å². The van der Waals surface area contributed by atoms with Gasteiger partial charge in [-0.3, -0.25) is 0 Å². The number of anilines is 1. The largest absolute Gasteiger partial charge is 0.463 e. The van der Waals surface area contributed by atoms with Crippen LogP contribution in [0, 0.1) is 5.92 Å². The van der Waals surface area contributed by atoms with Gasteiger partial charge in [0.25, 0.3) is 5.95 Å². The van der Waals surface area contributed by atoms with E-state index in [9.17, 15) is 0 Å². The van der Waals surface area contributed by atoms with Crippen LogP contribution in [0.2, 0.25) is 0 Å². The first-order chi connectivity index (χ1) is 9.19. The van der Waals surface area contributed by atoms with E-state index >= 15 is 0 Å². The molecular weight excluding hydrogens is 244 g/mol. The van der Waals surface area contributed by atoms with E-state index in [1.54, 1.807) is 17.1 Å². The van der Waals surface area contributed by atoms with Crippen LogP contribution >= 0.6 is 0 Å². The third-order valence-electron chi connectivity index (χ3n) is 2.19. The van der Waals surface area contributed by atoms with Crippen LogP contribution in [0.5, 0.6) is 6.01 Å². The predicted molar refractivity (Wildman–Crippen MR) is 71.4 cm³/mol. The summed E-state index contributed by atoms with van der Waals surface area (Å²) in [5, 5.41) is 7.16. The highest BCUT2D eigenvalue weighted by Crippen LogP contribution is 2.11. The van der Waals surface area contributed by atoms with Crippen molar-refractivity contribution in [1.29, 1.82) is 0 Å². The maximum absolute atomic E-state index is 5.55. The number of nitrogens with zero attached hydrogens (tertiary/aromatic N) is 5. The van der Waals surface area contributed by atoms with Crippen molar-refractivity contribution in [3.05, 3.63) is 18.5 Å². The summed E-state index contributed by atoms with van der Waals surface area (Å²) in [6, 6.07) is 2.12. The summed E-state index contributed by atoms with van der Waals surface area (Å²) in [5.41, 5.74) is 0. The average molecular weight is 262 g/mol. The second-order valence-corrected chi connectivity index (χ2v) is 4.43. The molecule has 1 N–H and O–H groups in total. The van der Waals surface area contributed by atoms with Gasteiger partial charge in [-0.25, -0.2) is 4.68 Å². The van der Waals surface area contributed by atoms with Crippen LogP contribution in [0.25, 0.3) is 5.95 Å². The van der Waals surface area contributed by atoms with Crippen LogP contribution in [0.15, 0.2) is 18.5 Å². The highest BCUT2D eigenvalue weighted by atomic mass is 16.5. The van der Waals surface area contributed by atoms with Crippen LogP contribution in [0.1, 0.15) is 20.8 Å². The van der Waals surface area contributed by atoms with Gasteiger partial charge in [0.15, 0.2) is 0 Å². The van der Waals surface area contributed by atoms with Crippen LogP contribution in [-0.4, -0.2) is 37.9 Å². The Balaban J connectivity index is 2.27. The summed E-state index contributed by atoms with van der Waals surface area (Å²) in [7, 11) is 0. The molecule has 2 aromatic heterocycles. The fourth-order valence-electron chi connectivity index (χ4n) is 1.38. The van der Waals surface area contributed by atoms with E-state index in [-0.39, 0.29) is 0 Å². The lowest BCUT2D eigenvalue weighted by Gasteiger charge is -2.10. The molecule has 0 aliphatic heterocycles. The zero-order valence-corrected chi connectivity index (χ0v) is 11.4. The van der Waals surface area contributed by atoms with Gasteiger partial charge in [0.05, 0.1) is 6.61 Å². The van der Waals surface area contributed by atoms with Gasteiger partial charge in [-0.2, -0.15) is 20.1 Å². The molecule has 7 heteroatoms. The third-order valence-corrected chi connectivity index (χ3v) is 2.19. The van der Waals surface area contributed by atoms with E-state index in [0.29, 0.717) is 30.4 Å². The van der Waals surface area contributed by atoms with Crippen molar-refractivity contribution >= 4 is 5.95 Å². The van der Waals surface area contributed by atoms with E-state index in [4.69, 9.17) is 4.74 Å². The Morgan fingerprint density at radius 2 is 2.16 bits per heavy atom. The molecule has 0 saturated carbocycles. The number of ether oxygens (including phenoxy) is 1. The van der Waals surface area contributed by atoms with Crippen molar-refractivity contribution < 1.29 is 4.74 Å². The van der Waals surface area contributed by atoms with E-state index in [1.807, 2.05) is 13.0 Å². The van der Waals surface area contributed by atoms with E-state index in [1.165, 1.54) is 0 Å². The molecular formula is C12H18N6O. The third kappa shape index (κ3) is 3.64. The summed E-state index contributed by atoms with van der Waals surface area (Å²) in [5.74, 6) is 1.34. The minimum Gasteiger partial charge on any atom is -0.463 e. The summed E-state index contributed by atoms with van der Waals surface area (Å²) >= 11 is 0. The van der Waals surface area contributed by atoms with Gasteiger partial charge in [-0.15, -0.1) is 0 Å². The second-order valence-electron chi connectivity index (χ2n) is 4.43. The molecule has 0 saturated heterocycles. The number of aromatic nitrogens is 5. The van der Waals surface area contributed by atoms with Crippen LogP contribution in [0.3, 0.4) is 0 Å². The highest BCUT2D eigenvalue weighted by molar-refractivity contribution is 5.29. The number of nitrogens with one attached hydrogen (secondary N) is 1. The predicted octanol–water partition coefficient (Wildman–Crippen LogP) is 1.52. The monoisotopic (exact) mass is 262 g/mol. The molecule has 102 valence electrons. The molecule has 0 aromatic carbocycles. The summed E-state index contributed by atoms with van der Waals surface area (Å²) in [6.45, 7) is 7.41. The molecule has 2 rings (SSSR count). The van der Waals surface area contributed by atoms with Gasteiger partial charge in [-0.1, -0.05) is 13.8 Å². The van der Waals surface area contributed by atoms with E-state index < -0.39 is 0 Å². The summed E-state index contributed by atoms with van der Waals surface area (Å²) in [6.07, 6.45) is 3.45. The molecule has 0 unspecified atom stereocenters. The summed E-state index contributed by atoms with van der Waals surface area (Å²) in [4.78, 5) is 12.7. The lowest BCUT2D eigenvalue weighted by Crippen LogP contribution is -2.13.